The van der Waals surface area contributed by atoms with Crippen molar-refractivity contribution in [1.82, 2.24) is 4.98 Å². The Bertz CT molecular complexity index is 515. The van der Waals surface area contributed by atoms with Crippen LogP contribution in [-0.4, -0.2) is 25.3 Å². The van der Waals surface area contributed by atoms with Crippen molar-refractivity contribution in [2.24, 2.45) is 0 Å². The van der Waals surface area contributed by atoms with Gasteiger partial charge in [0, 0.05) is 18.9 Å². The fourth-order valence-corrected chi connectivity index (χ4v) is 1.67. The van der Waals surface area contributed by atoms with Gasteiger partial charge in [0.25, 0.3) is 0 Å². The Morgan fingerprint density at radius 1 is 1.11 bits per heavy atom. The van der Waals surface area contributed by atoms with Crippen LogP contribution in [0.4, 0.5) is 5.69 Å². The third-order valence-electron chi connectivity index (χ3n) is 2.53. The van der Waals surface area contributed by atoms with Gasteiger partial charge in [-0.25, -0.2) is 0 Å². The number of methoxy groups -OCH3 is 1. The number of hydrogen-bond acceptors (Lipinski definition) is 4. The second-order valence-electron chi connectivity index (χ2n) is 3.78. The summed E-state index contributed by atoms with van der Waals surface area (Å²) >= 11 is 0. The highest BCUT2D eigenvalue weighted by atomic mass is 16.5. The summed E-state index contributed by atoms with van der Waals surface area (Å²) < 4.78 is 10.6. The molecule has 2 N–H and O–H groups in total. The highest BCUT2D eigenvalue weighted by molar-refractivity contribution is 5.76. The lowest BCUT2D eigenvalue weighted by Gasteiger charge is -2.11. The van der Waals surface area contributed by atoms with Gasteiger partial charge >= 0.3 is 0 Å². The molecule has 0 amide bonds. The highest BCUT2D eigenvalue weighted by Gasteiger charge is 2.09. The molecule has 0 saturated heterocycles. The van der Waals surface area contributed by atoms with Gasteiger partial charge in [0.05, 0.1) is 18.0 Å². The fourth-order valence-electron chi connectivity index (χ4n) is 1.67. The molecule has 1 heterocycles. The first kappa shape index (κ1) is 12.4. The smallest absolute Gasteiger partial charge is 0.128 e. The minimum atomic E-state index is 0.500. The maximum Gasteiger partial charge on any atom is 0.128 e. The lowest BCUT2D eigenvalue weighted by atomic mass is 10.1. The molecule has 1 aromatic heterocycles. The van der Waals surface area contributed by atoms with Crippen LogP contribution >= 0.6 is 0 Å². The van der Waals surface area contributed by atoms with Gasteiger partial charge in [-0.2, -0.15) is 0 Å². The summed E-state index contributed by atoms with van der Waals surface area (Å²) in [5.41, 5.74) is 8.21. The number of ether oxygens (including phenoxy) is 2. The molecule has 0 fully saturated rings. The molecule has 0 spiro atoms. The average molecular weight is 244 g/mol. The maximum absolute atomic E-state index is 5.93. The number of pyridine rings is 1. The normalized spacial score (nSPS) is 10.3. The van der Waals surface area contributed by atoms with Crippen LogP contribution in [0.2, 0.25) is 0 Å². The van der Waals surface area contributed by atoms with Crippen LogP contribution in [0.1, 0.15) is 0 Å². The lowest BCUT2D eigenvalue weighted by Crippen LogP contribution is -2.05. The third-order valence-corrected chi connectivity index (χ3v) is 2.53. The van der Waals surface area contributed by atoms with Gasteiger partial charge in [0.15, 0.2) is 0 Å². The zero-order valence-electron chi connectivity index (χ0n) is 10.3. The Labute approximate surface area is 106 Å². The standard InChI is InChI=1S/C14H16N2O2/c1-17-9-10-18-13-7-3-2-5-11(13)14-12(15)6-4-8-16-14/h2-8H,9-10,15H2,1H3. The van der Waals surface area contributed by atoms with Gasteiger partial charge in [-0.05, 0) is 24.3 Å². The number of nitrogen functional groups attached to an aromatic ring is 1. The van der Waals surface area contributed by atoms with E-state index in [0.29, 0.717) is 18.9 Å². The number of para-hydroxylation sites is 1. The van der Waals surface area contributed by atoms with E-state index in [-0.39, 0.29) is 0 Å². The molecule has 4 nitrogen and oxygen atoms in total. The minimum Gasteiger partial charge on any atom is -0.490 e. The predicted molar refractivity (Wildman–Crippen MR) is 71.5 cm³/mol. The van der Waals surface area contributed by atoms with Crippen LogP contribution in [0.25, 0.3) is 11.3 Å². The monoisotopic (exact) mass is 244 g/mol. The average Bonchev–Trinajstić information content (AvgIpc) is 2.40. The highest BCUT2D eigenvalue weighted by Crippen LogP contribution is 2.31. The zero-order chi connectivity index (χ0) is 12.8. The number of hydrogen-bond donors (Lipinski definition) is 1. The van der Waals surface area contributed by atoms with Crippen molar-refractivity contribution in [2.75, 3.05) is 26.1 Å². The van der Waals surface area contributed by atoms with E-state index in [4.69, 9.17) is 15.2 Å². The summed E-state index contributed by atoms with van der Waals surface area (Å²) in [7, 11) is 1.64. The SMILES string of the molecule is COCCOc1ccccc1-c1ncccc1N. The van der Waals surface area contributed by atoms with E-state index in [0.717, 1.165) is 17.0 Å². The van der Waals surface area contributed by atoms with Crippen molar-refractivity contribution in [2.45, 2.75) is 0 Å². The molecule has 94 valence electrons. The third kappa shape index (κ3) is 2.78. The topological polar surface area (TPSA) is 57.4 Å². The van der Waals surface area contributed by atoms with E-state index in [9.17, 15) is 0 Å². The molecule has 0 aliphatic rings. The van der Waals surface area contributed by atoms with E-state index in [1.165, 1.54) is 0 Å². The van der Waals surface area contributed by atoms with Crippen LogP contribution in [0.3, 0.4) is 0 Å². The Morgan fingerprint density at radius 3 is 2.72 bits per heavy atom. The van der Waals surface area contributed by atoms with Crippen molar-refractivity contribution in [3.8, 4) is 17.0 Å². The van der Waals surface area contributed by atoms with Crippen LogP contribution in [0.5, 0.6) is 5.75 Å². The molecule has 4 heteroatoms. The Kier molecular flexibility index (Phi) is 4.15. The van der Waals surface area contributed by atoms with Gasteiger partial charge < -0.3 is 15.2 Å². The molecule has 0 aliphatic heterocycles. The molecule has 1 aromatic carbocycles. The quantitative estimate of drug-likeness (QED) is 0.820. The van der Waals surface area contributed by atoms with Crippen molar-refractivity contribution in [3.05, 3.63) is 42.6 Å². The van der Waals surface area contributed by atoms with Crippen LogP contribution in [0, 0.1) is 0 Å². The maximum atomic E-state index is 5.93. The number of aromatic nitrogens is 1. The molecule has 0 atom stereocenters. The Hall–Kier alpha value is -2.07. The second-order valence-corrected chi connectivity index (χ2v) is 3.78. The van der Waals surface area contributed by atoms with Crippen molar-refractivity contribution < 1.29 is 9.47 Å². The first-order valence-electron chi connectivity index (χ1n) is 5.74. The number of benzene rings is 1. The summed E-state index contributed by atoms with van der Waals surface area (Å²) in [5, 5.41) is 0. The summed E-state index contributed by atoms with van der Waals surface area (Å²) in [4.78, 5) is 4.30. The van der Waals surface area contributed by atoms with E-state index in [1.54, 1.807) is 13.3 Å². The molecule has 0 radical (unpaired) electrons. The number of anilines is 1. The van der Waals surface area contributed by atoms with Gasteiger partial charge in [0.1, 0.15) is 12.4 Å². The predicted octanol–water partition coefficient (Wildman–Crippen LogP) is 2.36. The van der Waals surface area contributed by atoms with Crippen LogP contribution in [-0.2, 0) is 4.74 Å². The molecule has 2 aromatic rings. The molecule has 2 rings (SSSR count). The Balaban J connectivity index is 2.30. The summed E-state index contributed by atoms with van der Waals surface area (Å²) in [6.07, 6.45) is 1.72. The molecule has 18 heavy (non-hydrogen) atoms. The number of rotatable bonds is 5. The first-order chi connectivity index (χ1) is 8.83. The minimum absolute atomic E-state index is 0.500. The Morgan fingerprint density at radius 2 is 1.94 bits per heavy atom. The molecule has 0 saturated carbocycles. The van der Waals surface area contributed by atoms with Gasteiger partial charge in [-0.1, -0.05) is 12.1 Å². The van der Waals surface area contributed by atoms with Gasteiger partial charge in [-0.15, -0.1) is 0 Å². The van der Waals surface area contributed by atoms with Crippen LogP contribution < -0.4 is 10.5 Å². The fraction of sp³-hybridized carbons (Fsp3) is 0.214. The van der Waals surface area contributed by atoms with Gasteiger partial charge in [-0.3, -0.25) is 4.98 Å². The number of nitrogens with two attached hydrogens (primary N) is 1. The molecular weight excluding hydrogens is 228 g/mol. The molecule has 0 aliphatic carbocycles. The van der Waals surface area contributed by atoms with Crippen LogP contribution in [0.15, 0.2) is 42.6 Å². The largest absolute Gasteiger partial charge is 0.490 e. The molecular formula is C14H16N2O2. The lowest BCUT2D eigenvalue weighted by molar-refractivity contribution is 0.146. The van der Waals surface area contributed by atoms with Gasteiger partial charge in [0.2, 0.25) is 0 Å². The summed E-state index contributed by atoms with van der Waals surface area (Å²) in [5.74, 6) is 0.764. The number of nitrogens with zero attached hydrogens (tertiary/aromatic N) is 1. The summed E-state index contributed by atoms with van der Waals surface area (Å²) in [6.45, 7) is 1.05. The zero-order valence-corrected chi connectivity index (χ0v) is 10.3. The van der Waals surface area contributed by atoms with Crippen molar-refractivity contribution in [3.63, 3.8) is 0 Å². The second kappa shape index (κ2) is 6.02. The van der Waals surface area contributed by atoms with Crippen molar-refractivity contribution >= 4 is 5.69 Å². The van der Waals surface area contributed by atoms with E-state index >= 15 is 0 Å². The van der Waals surface area contributed by atoms with E-state index in [2.05, 4.69) is 4.98 Å². The summed E-state index contributed by atoms with van der Waals surface area (Å²) in [6, 6.07) is 11.3. The molecule has 0 unspecified atom stereocenters. The molecule has 0 bridgehead atoms. The first-order valence-corrected chi connectivity index (χ1v) is 5.74. The van der Waals surface area contributed by atoms with Crippen molar-refractivity contribution in [1.29, 1.82) is 0 Å². The van der Waals surface area contributed by atoms with E-state index < -0.39 is 0 Å². The van der Waals surface area contributed by atoms with E-state index in [1.807, 2.05) is 36.4 Å².